The van der Waals surface area contributed by atoms with E-state index in [9.17, 15) is 19.5 Å². The Balaban J connectivity index is 2.15. The zero-order valence-electron chi connectivity index (χ0n) is 18.7. The highest BCUT2D eigenvalue weighted by atomic mass is 16.5. The first-order valence-corrected chi connectivity index (χ1v) is 10.4. The number of aliphatic hydroxyl groups is 1. The SMILES string of the molecule is COCCCN1C(=O)C(=O)/C(=C(\O)c2ccc(C)c(C)c2)C1c1cccc(OC(C)=O)c1. The monoisotopic (exact) mass is 437 g/mol. The van der Waals surface area contributed by atoms with Crippen molar-refractivity contribution in [1.29, 1.82) is 0 Å². The van der Waals surface area contributed by atoms with E-state index in [2.05, 4.69) is 0 Å². The zero-order chi connectivity index (χ0) is 23.4. The van der Waals surface area contributed by atoms with Gasteiger partial charge < -0.3 is 19.5 Å². The molecule has 3 rings (SSSR count). The molecule has 0 aliphatic carbocycles. The molecule has 1 heterocycles. The van der Waals surface area contributed by atoms with Gasteiger partial charge in [-0.25, -0.2) is 0 Å². The van der Waals surface area contributed by atoms with Gasteiger partial charge in [-0.05, 0) is 55.2 Å². The molecule has 32 heavy (non-hydrogen) atoms. The van der Waals surface area contributed by atoms with Gasteiger partial charge in [-0.15, -0.1) is 0 Å². The van der Waals surface area contributed by atoms with E-state index < -0.39 is 23.7 Å². The van der Waals surface area contributed by atoms with Crippen LogP contribution in [-0.4, -0.2) is 47.9 Å². The van der Waals surface area contributed by atoms with Crippen LogP contribution in [0.1, 0.15) is 41.6 Å². The van der Waals surface area contributed by atoms with Gasteiger partial charge in [0, 0.05) is 32.7 Å². The smallest absolute Gasteiger partial charge is 0.308 e. The molecule has 0 radical (unpaired) electrons. The second-order valence-electron chi connectivity index (χ2n) is 7.80. The van der Waals surface area contributed by atoms with Crippen molar-refractivity contribution in [1.82, 2.24) is 4.90 Å². The van der Waals surface area contributed by atoms with Crippen molar-refractivity contribution >= 4 is 23.4 Å². The third-order valence-corrected chi connectivity index (χ3v) is 5.50. The van der Waals surface area contributed by atoms with Crippen molar-refractivity contribution in [2.45, 2.75) is 33.2 Å². The number of benzene rings is 2. The van der Waals surface area contributed by atoms with Crippen molar-refractivity contribution in [3.63, 3.8) is 0 Å². The molecular weight excluding hydrogens is 410 g/mol. The molecule has 1 aliphatic rings. The number of aryl methyl sites for hydroxylation is 2. The first-order valence-electron chi connectivity index (χ1n) is 10.4. The lowest BCUT2D eigenvalue weighted by molar-refractivity contribution is -0.140. The minimum atomic E-state index is -0.816. The number of carbonyl (C=O) groups is 3. The predicted octanol–water partition coefficient (Wildman–Crippen LogP) is 3.69. The average molecular weight is 437 g/mol. The van der Waals surface area contributed by atoms with Crippen LogP contribution in [0.15, 0.2) is 48.0 Å². The molecule has 2 aromatic carbocycles. The molecule has 1 saturated heterocycles. The number of amides is 1. The molecular formula is C25H27NO6. The van der Waals surface area contributed by atoms with E-state index in [1.165, 1.54) is 11.8 Å². The molecule has 0 bridgehead atoms. The number of nitrogens with zero attached hydrogens (tertiary/aromatic N) is 1. The number of rotatable bonds is 7. The van der Waals surface area contributed by atoms with Crippen molar-refractivity contribution in [2.75, 3.05) is 20.3 Å². The van der Waals surface area contributed by atoms with E-state index in [1.54, 1.807) is 43.5 Å². The summed E-state index contributed by atoms with van der Waals surface area (Å²) in [5.41, 5.74) is 3.04. The van der Waals surface area contributed by atoms with Crippen LogP contribution in [0.3, 0.4) is 0 Å². The number of hydrogen-bond donors (Lipinski definition) is 1. The summed E-state index contributed by atoms with van der Waals surface area (Å²) in [6, 6.07) is 11.2. The Kier molecular flexibility index (Phi) is 7.10. The van der Waals surface area contributed by atoms with E-state index in [0.717, 1.165) is 11.1 Å². The van der Waals surface area contributed by atoms with Gasteiger partial charge >= 0.3 is 5.97 Å². The Morgan fingerprint density at radius 1 is 1.09 bits per heavy atom. The highest BCUT2D eigenvalue weighted by molar-refractivity contribution is 6.46. The maximum atomic E-state index is 13.0. The molecule has 7 nitrogen and oxygen atoms in total. The lowest BCUT2D eigenvalue weighted by Crippen LogP contribution is -2.31. The minimum Gasteiger partial charge on any atom is -0.507 e. The molecule has 1 aliphatic heterocycles. The van der Waals surface area contributed by atoms with Crippen LogP contribution in [0.5, 0.6) is 5.75 Å². The molecule has 168 valence electrons. The lowest BCUT2D eigenvalue weighted by Gasteiger charge is -2.25. The first kappa shape index (κ1) is 23.2. The number of carbonyl (C=O) groups excluding carboxylic acids is 3. The quantitative estimate of drug-likeness (QED) is 0.177. The number of Topliss-reactive ketones (excluding diaryl/α,β-unsaturated/α-hetero) is 1. The zero-order valence-corrected chi connectivity index (χ0v) is 18.7. The number of methoxy groups -OCH3 is 1. The second-order valence-corrected chi connectivity index (χ2v) is 7.80. The van der Waals surface area contributed by atoms with E-state index in [4.69, 9.17) is 9.47 Å². The molecule has 1 amide bonds. The summed E-state index contributed by atoms with van der Waals surface area (Å²) in [4.78, 5) is 38.8. The van der Waals surface area contributed by atoms with Gasteiger partial charge in [0.15, 0.2) is 0 Å². The fourth-order valence-corrected chi connectivity index (χ4v) is 3.79. The maximum absolute atomic E-state index is 13.0. The number of ketones is 1. The minimum absolute atomic E-state index is 0.00986. The third-order valence-electron chi connectivity index (χ3n) is 5.50. The Bertz CT molecular complexity index is 1090. The van der Waals surface area contributed by atoms with E-state index >= 15 is 0 Å². The maximum Gasteiger partial charge on any atom is 0.308 e. The summed E-state index contributed by atoms with van der Waals surface area (Å²) < 4.78 is 10.3. The molecule has 1 unspecified atom stereocenters. The molecule has 2 aromatic rings. The van der Waals surface area contributed by atoms with E-state index in [-0.39, 0.29) is 17.9 Å². The van der Waals surface area contributed by atoms with Gasteiger partial charge in [-0.1, -0.05) is 24.3 Å². The molecule has 1 fully saturated rings. The van der Waals surface area contributed by atoms with Gasteiger partial charge in [0.2, 0.25) is 0 Å². The molecule has 1 atom stereocenters. The van der Waals surface area contributed by atoms with Crippen LogP contribution in [0.2, 0.25) is 0 Å². The number of likely N-dealkylation sites (tertiary alicyclic amines) is 1. The predicted molar refractivity (Wildman–Crippen MR) is 119 cm³/mol. The van der Waals surface area contributed by atoms with Crippen molar-refractivity contribution in [3.05, 3.63) is 70.3 Å². The van der Waals surface area contributed by atoms with Crippen LogP contribution in [0.25, 0.3) is 5.76 Å². The molecule has 1 N–H and O–H groups in total. The summed E-state index contributed by atoms with van der Waals surface area (Å²) >= 11 is 0. The number of aliphatic hydroxyl groups excluding tert-OH is 1. The summed E-state index contributed by atoms with van der Waals surface area (Å²) in [6.07, 6.45) is 0.521. The Hall–Kier alpha value is -3.45. The first-order chi connectivity index (χ1) is 15.2. The van der Waals surface area contributed by atoms with Gasteiger partial charge in [0.25, 0.3) is 11.7 Å². The largest absolute Gasteiger partial charge is 0.507 e. The number of hydrogen-bond acceptors (Lipinski definition) is 6. The normalized spacial score (nSPS) is 17.6. The second kappa shape index (κ2) is 9.78. The summed E-state index contributed by atoms with van der Waals surface area (Å²) in [7, 11) is 1.56. The summed E-state index contributed by atoms with van der Waals surface area (Å²) in [5.74, 6) is -1.85. The van der Waals surface area contributed by atoms with Crippen LogP contribution in [0.4, 0.5) is 0 Å². The molecule has 0 spiro atoms. The van der Waals surface area contributed by atoms with E-state index in [0.29, 0.717) is 29.9 Å². The average Bonchev–Trinajstić information content (AvgIpc) is 3.00. The van der Waals surface area contributed by atoms with Crippen LogP contribution < -0.4 is 4.74 Å². The van der Waals surface area contributed by atoms with Gasteiger partial charge in [0.1, 0.15) is 11.5 Å². The lowest BCUT2D eigenvalue weighted by atomic mass is 9.94. The Labute approximate surface area is 187 Å². The van der Waals surface area contributed by atoms with Crippen LogP contribution >= 0.6 is 0 Å². The highest BCUT2D eigenvalue weighted by Gasteiger charge is 2.45. The molecule has 0 saturated carbocycles. The fourth-order valence-electron chi connectivity index (χ4n) is 3.79. The standard InChI is InChI=1S/C25H27NO6/c1-15-9-10-19(13-16(15)2)23(28)21-22(18-7-5-8-20(14-18)32-17(3)27)26(11-6-12-31-4)25(30)24(21)29/h5,7-10,13-14,22,28H,6,11-12H2,1-4H3/b23-21-. The van der Waals surface area contributed by atoms with Crippen molar-refractivity contribution in [2.24, 2.45) is 0 Å². The van der Waals surface area contributed by atoms with Crippen molar-refractivity contribution < 1.29 is 29.0 Å². The van der Waals surface area contributed by atoms with Gasteiger partial charge in [-0.3, -0.25) is 14.4 Å². The van der Waals surface area contributed by atoms with Crippen LogP contribution in [-0.2, 0) is 19.1 Å². The summed E-state index contributed by atoms with van der Waals surface area (Å²) in [5, 5.41) is 11.1. The van der Waals surface area contributed by atoms with Crippen LogP contribution in [0, 0.1) is 13.8 Å². The fraction of sp³-hybridized carbons (Fsp3) is 0.320. The van der Waals surface area contributed by atoms with Crippen molar-refractivity contribution in [3.8, 4) is 5.75 Å². The topological polar surface area (TPSA) is 93.1 Å². The highest BCUT2D eigenvalue weighted by Crippen LogP contribution is 2.40. The molecule has 0 aromatic heterocycles. The number of ether oxygens (including phenoxy) is 2. The Morgan fingerprint density at radius 3 is 2.50 bits per heavy atom. The van der Waals surface area contributed by atoms with Gasteiger partial charge in [0.05, 0.1) is 11.6 Å². The third kappa shape index (κ3) is 4.73. The van der Waals surface area contributed by atoms with E-state index in [1.807, 2.05) is 19.9 Å². The molecule has 7 heteroatoms. The van der Waals surface area contributed by atoms with Gasteiger partial charge in [-0.2, -0.15) is 0 Å². The number of esters is 1. The Morgan fingerprint density at radius 2 is 1.84 bits per heavy atom. The summed E-state index contributed by atoms with van der Waals surface area (Å²) in [6.45, 7) is 5.85.